The minimum absolute atomic E-state index is 0.243. The molecule has 0 radical (unpaired) electrons. The largest absolute Gasteiger partial charge is 0.447 e. The molecule has 0 fully saturated rings. The SMILES string of the molecule is CC(C)(C)NC(=O)OCCOCc1ccncc1. The smallest absolute Gasteiger partial charge is 0.407 e. The molecule has 1 N–H and O–H groups in total. The molecule has 0 saturated carbocycles. The quantitative estimate of drug-likeness (QED) is 0.815. The highest BCUT2D eigenvalue weighted by Gasteiger charge is 2.13. The highest BCUT2D eigenvalue weighted by Crippen LogP contribution is 2.00. The fourth-order valence-electron chi connectivity index (χ4n) is 1.20. The molecule has 1 amide bonds. The first kappa shape index (κ1) is 14.4. The predicted octanol–water partition coefficient (Wildman–Crippen LogP) is 2.12. The highest BCUT2D eigenvalue weighted by molar-refractivity contribution is 5.67. The molecule has 5 nitrogen and oxygen atoms in total. The standard InChI is InChI=1S/C13H20N2O3/c1-13(2,3)15-12(16)18-9-8-17-10-11-4-6-14-7-5-11/h4-7H,8-10H2,1-3H3,(H,15,16). The van der Waals surface area contributed by atoms with E-state index in [-0.39, 0.29) is 12.1 Å². The van der Waals surface area contributed by atoms with Gasteiger partial charge in [-0.3, -0.25) is 4.98 Å². The van der Waals surface area contributed by atoms with E-state index in [1.165, 1.54) is 0 Å². The Balaban J connectivity index is 2.07. The van der Waals surface area contributed by atoms with Crippen molar-refractivity contribution in [3.05, 3.63) is 30.1 Å². The topological polar surface area (TPSA) is 60.5 Å². The molecule has 0 bridgehead atoms. The third-order valence-corrected chi connectivity index (χ3v) is 1.96. The average molecular weight is 252 g/mol. The van der Waals surface area contributed by atoms with Gasteiger partial charge in [-0.15, -0.1) is 0 Å². The number of amides is 1. The van der Waals surface area contributed by atoms with Crippen LogP contribution >= 0.6 is 0 Å². The molecule has 0 unspecified atom stereocenters. The van der Waals surface area contributed by atoms with E-state index in [1.807, 2.05) is 32.9 Å². The molecule has 0 saturated heterocycles. The number of ether oxygens (including phenoxy) is 2. The van der Waals surface area contributed by atoms with Crippen molar-refractivity contribution in [2.75, 3.05) is 13.2 Å². The number of nitrogens with one attached hydrogen (secondary N) is 1. The van der Waals surface area contributed by atoms with E-state index >= 15 is 0 Å². The van der Waals surface area contributed by atoms with Crippen molar-refractivity contribution in [3.8, 4) is 0 Å². The zero-order chi connectivity index (χ0) is 13.4. The van der Waals surface area contributed by atoms with Crippen LogP contribution in [0.2, 0.25) is 0 Å². The summed E-state index contributed by atoms with van der Waals surface area (Å²) in [7, 11) is 0. The van der Waals surface area contributed by atoms with E-state index in [0.29, 0.717) is 13.2 Å². The molecule has 100 valence electrons. The van der Waals surface area contributed by atoms with Crippen LogP contribution in [0.4, 0.5) is 4.79 Å². The molecule has 0 aliphatic carbocycles. The van der Waals surface area contributed by atoms with Gasteiger partial charge >= 0.3 is 6.09 Å². The van der Waals surface area contributed by atoms with Crippen molar-refractivity contribution < 1.29 is 14.3 Å². The Morgan fingerprint density at radius 2 is 1.94 bits per heavy atom. The summed E-state index contributed by atoms with van der Waals surface area (Å²) >= 11 is 0. The Bertz CT molecular complexity index is 360. The van der Waals surface area contributed by atoms with E-state index < -0.39 is 6.09 Å². The summed E-state index contributed by atoms with van der Waals surface area (Å²) in [6, 6.07) is 3.76. The maximum absolute atomic E-state index is 11.3. The summed E-state index contributed by atoms with van der Waals surface area (Å²) in [5.74, 6) is 0. The van der Waals surface area contributed by atoms with Gasteiger partial charge in [0.2, 0.25) is 0 Å². The van der Waals surface area contributed by atoms with Crippen LogP contribution < -0.4 is 5.32 Å². The molecule has 1 rings (SSSR count). The summed E-state index contributed by atoms with van der Waals surface area (Å²) < 4.78 is 10.3. The Morgan fingerprint density at radius 3 is 2.56 bits per heavy atom. The van der Waals surface area contributed by atoms with Crippen molar-refractivity contribution >= 4 is 6.09 Å². The summed E-state index contributed by atoms with van der Waals surface area (Å²) in [5.41, 5.74) is 0.763. The van der Waals surface area contributed by atoms with Gasteiger partial charge in [0.1, 0.15) is 6.61 Å². The number of carbonyl (C=O) groups is 1. The van der Waals surface area contributed by atoms with Crippen molar-refractivity contribution in [2.24, 2.45) is 0 Å². The van der Waals surface area contributed by atoms with Gasteiger partial charge in [0.15, 0.2) is 0 Å². The molecule has 0 spiro atoms. The Morgan fingerprint density at radius 1 is 1.28 bits per heavy atom. The molecule has 0 atom stereocenters. The van der Waals surface area contributed by atoms with Crippen LogP contribution in [0.5, 0.6) is 0 Å². The molecule has 1 aromatic rings. The van der Waals surface area contributed by atoms with E-state index in [4.69, 9.17) is 9.47 Å². The van der Waals surface area contributed by atoms with Crippen LogP contribution in [0.1, 0.15) is 26.3 Å². The molecule has 0 aliphatic heterocycles. The summed E-state index contributed by atoms with van der Waals surface area (Å²) in [6.07, 6.45) is 3.01. The number of aromatic nitrogens is 1. The fourth-order valence-corrected chi connectivity index (χ4v) is 1.20. The monoisotopic (exact) mass is 252 g/mol. The Kier molecular flexibility index (Phi) is 5.58. The Labute approximate surface area is 108 Å². The lowest BCUT2D eigenvalue weighted by Crippen LogP contribution is -2.41. The number of hydrogen-bond donors (Lipinski definition) is 1. The second-order valence-corrected chi connectivity index (χ2v) is 4.92. The van der Waals surface area contributed by atoms with Crippen LogP contribution in [-0.4, -0.2) is 29.8 Å². The second kappa shape index (κ2) is 6.96. The lowest BCUT2D eigenvalue weighted by molar-refractivity contribution is 0.0624. The third-order valence-electron chi connectivity index (χ3n) is 1.96. The van der Waals surface area contributed by atoms with Gasteiger partial charge in [-0.1, -0.05) is 0 Å². The minimum Gasteiger partial charge on any atom is -0.447 e. The fraction of sp³-hybridized carbons (Fsp3) is 0.538. The zero-order valence-electron chi connectivity index (χ0n) is 11.1. The third kappa shape index (κ3) is 6.85. The first-order valence-corrected chi connectivity index (χ1v) is 5.89. The first-order chi connectivity index (χ1) is 8.47. The maximum atomic E-state index is 11.3. The van der Waals surface area contributed by atoms with Gasteiger partial charge in [0.25, 0.3) is 0 Å². The van der Waals surface area contributed by atoms with E-state index in [9.17, 15) is 4.79 Å². The van der Waals surface area contributed by atoms with Gasteiger partial charge in [0.05, 0.1) is 13.2 Å². The molecule has 18 heavy (non-hydrogen) atoms. The zero-order valence-corrected chi connectivity index (χ0v) is 11.1. The first-order valence-electron chi connectivity index (χ1n) is 5.89. The molecule has 0 aromatic carbocycles. The normalized spacial score (nSPS) is 11.1. The van der Waals surface area contributed by atoms with Crippen molar-refractivity contribution in [3.63, 3.8) is 0 Å². The number of rotatable bonds is 5. The molecule has 0 aliphatic rings. The van der Waals surface area contributed by atoms with Crippen molar-refractivity contribution in [1.82, 2.24) is 10.3 Å². The minimum atomic E-state index is -0.421. The number of pyridine rings is 1. The average Bonchev–Trinajstić information content (AvgIpc) is 2.27. The van der Waals surface area contributed by atoms with Crippen LogP contribution in [0, 0.1) is 0 Å². The lowest BCUT2D eigenvalue weighted by Gasteiger charge is -2.19. The number of hydrogen-bond acceptors (Lipinski definition) is 4. The van der Waals surface area contributed by atoms with Gasteiger partial charge in [-0.25, -0.2) is 4.79 Å². The van der Waals surface area contributed by atoms with Crippen LogP contribution in [0.25, 0.3) is 0 Å². The van der Waals surface area contributed by atoms with Crippen molar-refractivity contribution in [1.29, 1.82) is 0 Å². The Hall–Kier alpha value is -1.62. The molecule has 1 heterocycles. The van der Waals surface area contributed by atoms with Gasteiger partial charge < -0.3 is 14.8 Å². The van der Waals surface area contributed by atoms with E-state index in [0.717, 1.165) is 5.56 Å². The van der Waals surface area contributed by atoms with Gasteiger partial charge in [0, 0.05) is 17.9 Å². The van der Waals surface area contributed by atoms with E-state index in [2.05, 4.69) is 10.3 Å². The summed E-state index contributed by atoms with van der Waals surface area (Å²) in [5, 5.41) is 2.70. The number of carbonyl (C=O) groups excluding carboxylic acids is 1. The summed E-state index contributed by atoms with van der Waals surface area (Å²) in [6.45, 7) is 6.80. The van der Waals surface area contributed by atoms with Gasteiger partial charge in [-0.2, -0.15) is 0 Å². The maximum Gasteiger partial charge on any atom is 0.407 e. The second-order valence-electron chi connectivity index (χ2n) is 4.92. The molecule has 5 heteroatoms. The van der Waals surface area contributed by atoms with E-state index in [1.54, 1.807) is 12.4 Å². The van der Waals surface area contributed by atoms with Crippen LogP contribution in [0.15, 0.2) is 24.5 Å². The van der Waals surface area contributed by atoms with Crippen LogP contribution in [-0.2, 0) is 16.1 Å². The molecular weight excluding hydrogens is 232 g/mol. The molecule has 1 aromatic heterocycles. The predicted molar refractivity (Wildman–Crippen MR) is 68.1 cm³/mol. The summed E-state index contributed by atoms with van der Waals surface area (Å²) in [4.78, 5) is 15.2. The van der Waals surface area contributed by atoms with Crippen molar-refractivity contribution in [2.45, 2.75) is 32.9 Å². The molecular formula is C13H20N2O3. The van der Waals surface area contributed by atoms with Gasteiger partial charge in [-0.05, 0) is 38.5 Å². The lowest BCUT2D eigenvalue weighted by atomic mass is 10.1. The number of alkyl carbamates (subject to hydrolysis) is 1. The van der Waals surface area contributed by atoms with Crippen LogP contribution in [0.3, 0.4) is 0 Å². The highest BCUT2D eigenvalue weighted by atomic mass is 16.6. The number of nitrogens with zero attached hydrogens (tertiary/aromatic N) is 1.